The van der Waals surface area contributed by atoms with E-state index >= 15 is 0 Å². The highest BCUT2D eigenvalue weighted by Gasteiger charge is 2.52. The molecule has 2 heterocycles. The number of hydrogen-bond acceptors (Lipinski definition) is 3. The normalized spacial score (nSPS) is 43.8. The fraction of sp³-hybridized carbons (Fsp3) is 0.864. The highest BCUT2D eigenvalue weighted by molar-refractivity contribution is 5.76. The Balaban J connectivity index is 1.55. The Kier molecular flexibility index (Phi) is 4.30. The van der Waals surface area contributed by atoms with Crippen LogP contribution in [0.4, 0.5) is 0 Å². The van der Waals surface area contributed by atoms with Gasteiger partial charge in [0.1, 0.15) is 6.10 Å². The number of carbonyl (C=O) groups is 1. The number of ether oxygens (including phenoxy) is 1. The van der Waals surface area contributed by atoms with Crippen LogP contribution in [0.1, 0.15) is 66.2 Å². The van der Waals surface area contributed by atoms with E-state index < -0.39 is 0 Å². The lowest BCUT2D eigenvalue weighted by Gasteiger charge is -2.46. The third kappa shape index (κ3) is 3.18. The molecule has 0 radical (unpaired) electrons. The van der Waals surface area contributed by atoms with Crippen LogP contribution in [-0.2, 0) is 9.53 Å². The summed E-state index contributed by atoms with van der Waals surface area (Å²) in [6, 6.07) is 0. The summed E-state index contributed by atoms with van der Waals surface area (Å²) in [5, 5.41) is 0. The molecule has 0 aromatic rings. The zero-order valence-corrected chi connectivity index (χ0v) is 16.5. The van der Waals surface area contributed by atoms with Gasteiger partial charge in [-0.3, -0.25) is 4.79 Å². The molecule has 0 N–H and O–H groups in total. The van der Waals surface area contributed by atoms with Gasteiger partial charge in [0.15, 0.2) is 0 Å². The van der Waals surface area contributed by atoms with E-state index in [4.69, 9.17) is 4.74 Å². The van der Waals surface area contributed by atoms with Crippen molar-refractivity contribution >= 4 is 5.97 Å². The Morgan fingerprint density at radius 3 is 2.80 bits per heavy atom. The molecular weight excluding hydrogens is 310 g/mol. The van der Waals surface area contributed by atoms with Gasteiger partial charge in [-0.15, -0.1) is 0 Å². The second-order valence-corrected chi connectivity index (χ2v) is 10.3. The maximum atomic E-state index is 12.7. The Morgan fingerprint density at radius 2 is 2.04 bits per heavy atom. The number of fused-ring (bicyclic) bond motifs is 2. The molecule has 3 heteroatoms. The van der Waals surface area contributed by atoms with Crippen LogP contribution in [0.15, 0.2) is 11.6 Å². The van der Waals surface area contributed by atoms with Crippen molar-refractivity contribution in [2.45, 2.75) is 72.3 Å². The van der Waals surface area contributed by atoms with Gasteiger partial charge in [-0.1, -0.05) is 45.8 Å². The van der Waals surface area contributed by atoms with E-state index in [0.29, 0.717) is 17.3 Å². The molecule has 1 saturated carbocycles. The molecular formula is C22H35NO2. The molecule has 0 amide bonds. The molecule has 0 aromatic carbocycles. The standard InChI is InChI=1S/C22H35NO2/c1-15-7-5-9-22(4)12-19-16(11-18(15)22)17(20(24)25-19)13-23-10-6-8-21(2,3)14-23/h11,15-17,19H,5-10,12-14H2,1-4H3/t15-,16+,17+,19+,22+/m0/s1. The summed E-state index contributed by atoms with van der Waals surface area (Å²) in [6.07, 6.45) is 10.1. The minimum absolute atomic E-state index is 0.0464. The van der Waals surface area contributed by atoms with Crippen LogP contribution in [-0.4, -0.2) is 36.6 Å². The molecule has 2 aliphatic carbocycles. The molecule has 2 saturated heterocycles. The van der Waals surface area contributed by atoms with Crippen molar-refractivity contribution in [3.8, 4) is 0 Å². The van der Waals surface area contributed by atoms with E-state index in [1.165, 1.54) is 32.1 Å². The smallest absolute Gasteiger partial charge is 0.311 e. The van der Waals surface area contributed by atoms with Crippen LogP contribution in [0.5, 0.6) is 0 Å². The van der Waals surface area contributed by atoms with Gasteiger partial charge in [0, 0.05) is 19.0 Å². The summed E-state index contributed by atoms with van der Waals surface area (Å²) in [6.45, 7) is 12.6. The molecule has 0 bridgehead atoms. The number of allylic oxidation sites excluding steroid dienone is 1. The largest absolute Gasteiger partial charge is 0.461 e. The molecule has 3 nitrogen and oxygen atoms in total. The molecule has 4 rings (SSSR count). The van der Waals surface area contributed by atoms with Crippen molar-refractivity contribution in [1.29, 1.82) is 0 Å². The lowest BCUT2D eigenvalue weighted by Crippen LogP contribution is -2.45. The van der Waals surface area contributed by atoms with Crippen molar-refractivity contribution in [2.24, 2.45) is 28.6 Å². The van der Waals surface area contributed by atoms with Gasteiger partial charge >= 0.3 is 5.97 Å². The Morgan fingerprint density at radius 1 is 1.24 bits per heavy atom. The van der Waals surface area contributed by atoms with Crippen LogP contribution < -0.4 is 0 Å². The summed E-state index contributed by atoms with van der Waals surface area (Å²) < 4.78 is 5.91. The van der Waals surface area contributed by atoms with Crippen LogP contribution in [0, 0.1) is 28.6 Å². The SMILES string of the molecule is C[C@H]1CCC[C@]2(C)C[C@H]3OC(=O)[C@H](CN4CCCC(C)(C)C4)[C@H]3C=C12. The molecule has 2 aliphatic heterocycles. The van der Waals surface area contributed by atoms with E-state index in [9.17, 15) is 4.79 Å². The van der Waals surface area contributed by atoms with E-state index in [0.717, 1.165) is 26.1 Å². The molecule has 140 valence electrons. The topological polar surface area (TPSA) is 29.5 Å². The number of rotatable bonds is 2. The van der Waals surface area contributed by atoms with Gasteiger partial charge in [0.05, 0.1) is 5.92 Å². The number of hydrogen-bond donors (Lipinski definition) is 0. The second kappa shape index (κ2) is 6.11. The lowest BCUT2D eigenvalue weighted by atomic mass is 9.59. The average Bonchev–Trinajstić information content (AvgIpc) is 2.79. The van der Waals surface area contributed by atoms with Crippen LogP contribution in [0.3, 0.4) is 0 Å². The van der Waals surface area contributed by atoms with Crippen molar-refractivity contribution in [3.05, 3.63) is 11.6 Å². The summed E-state index contributed by atoms with van der Waals surface area (Å²) >= 11 is 0. The lowest BCUT2D eigenvalue weighted by molar-refractivity contribution is -0.145. The number of carbonyl (C=O) groups excluding carboxylic acids is 1. The highest BCUT2D eigenvalue weighted by atomic mass is 16.6. The summed E-state index contributed by atoms with van der Waals surface area (Å²) in [7, 11) is 0. The van der Waals surface area contributed by atoms with E-state index in [1.54, 1.807) is 5.57 Å². The monoisotopic (exact) mass is 345 g/mol. The average molecular weight is 346 g/mol. The quantitative estimate of drug-likeness (QED) is 0.548. The molecule has 4 aliphatic rings. The first-order valence-corrected chi connectivity index (χ1v) is 10.4. The van der Waals surface area contributed by atoms with E-state index in [1.807, 2.05) is 0 Å². The van der Waals surface area contributed by atoms with Crippen molar-refractivity contribution in [3.63, 3.8) is 0 Å². The molecule has 0 aromatic heterocycles. The van der Waals surface area contributed by atoms with E-state index in [-0.39, 0.29) is 23.4 Å². The van der Waals surface area contributed by atoms with E-state index in [2.05, 4.69) is 38.7 Å². The number of piperidine rings is 1. The highest BCUT2D eigenvalue weighted by Crippen LogP contribution is 2.54. The fourth-order valence-electron chi connectivity index (χ4n) is 6.24. The van der Waals surface area contributed by atoms with Gasteiger partial charge in [-0.25, -0.2) is 0 Å². The van der Waals surface area contributed by atoms with Crippen LogP contribution >= 0.6 is 0 Å². The molecule has 0 spiro atoms. The zero-order chi connectivity index (χ0) is 17.8. The van der Waals surface area contributed by atoms with Crippen LogP contribution in [0.2, 0.25) is 0 Å². The Hall–Kier alpha value is -0.830. The predicted octanol–water partition coefficient (Wildman–Crippen LogP) is 4.42. The van der Waals surface area contributed by atoms with Crippen molar-refractivity contribution in [2.75, 3.05) is 19.6 Å². The Labute approximate surface area is 153 Å². The number of likely N-dealkylation sites (tertiary alicyclic amines) is 1. The van der Waals surface area contributed by atoms with Gasteiger partial charge in [0.25, 0.3) is 0 Å². The second-order valence-electron chi connectivity index (χ2n) is 10.3. The van der Waals surface area contributed by atoms with Crippen LogP contribution in [0.25, 0.3) is 0 Å². The van der Waals surface area contributed by atoms with Gasteiger partial charge < -0.3 is 9.64 Å². The minimum Gasteiger partial charge on any atom is -0.461 e. The first-order valence-electron chi connectivity index (χ1n) is 10.4. The van der Waals surface area contributed by atoms with Gasteiger partial charge in [-0.2, -0.15) is 0 Å². The first-order chi connectivity index (χ1) is 11.8. The summed E-state index contributed by atoms with van der Waals surface area (Å²) in [5.74, 6) is 1.08. The molecule has 5 atom stereocenters. The first kappa shape index (κ1) is 17.6. The molecule has 3 fully saturated rings. The maximum absolute atomic E-state index is 12.7. The van der Waals surface area contributed by atoms with Gasteiger partial charge in [-0.05, 0) is 55.4 Å². The van der Waals surface area contributed by atoms with Crippen molar-refractivity contribution in [1.82, 2.24) is 4.90 Å². The molecule has 0 unspecified atom stereocenters. The molecule has 25 heavy (non-hydrogen) atoms. The Bertz CT molecular complexity index is 581. The number of esters is 1. The van der Waals surface area contributed by atoms with Gasteiger partial charge in [0.2, 0.25) is 0 Å². The minimum atomic E-state index is 0.0464. The maximum Gasteiger partial charge on any atom is 0.311 e. The fourth-order valence-corrected chi connectivity index (χ4v) is 6.24. The predicted molar refractivity (Wildman–Crippen MR) is 100 cm³/mol. The zero-order valence-electron chi connectivity index (χ0n) is 16.5. The number of nitrogens with zero attached hydrogens (tertiary/aromatic N) is 1. The summed E-state index contributed by atoms with van der Waals surface area (Å²) in [5.41, 5.74) is 2.27. The third-order valence-corrected chi connectivity index (χ3v) is 7.52. The van der Waals surface area contributed by atoms with Crippen molar-refractivity contribution < 1.29 is 9.53 Å². The third-order valence-electron chi connectivity index (χ3n) is 7.52. The summed E-state index contributed by atoms with van der Waals surface area (Å²) in [4.78, 5) is 15.2.